The van der Waals surface area contributed by atoms with Gasteiger partial charge in [-0.2, -0.15) is 0 Å². The van der Waals surface area contributed by atoms with E-state index in [2.05, 4.69) is 0 Å². The molecule has 0 radical (unpaired) electrons. The molecule has 0 aliphatic heterocycles. The summed E-state index contributed by atoms with van der Waals surface area (Å²) in [5.74, 6) is 0. The standard InChI is InChI=1S/C4H10O3S.Na/c1-3-4(2)8(5,6)7;/h4H,3H2,1-2H3,(H,5,6,7);/q;+1/p-1. The molecule has 0 aromatic carbocycles. The van der Waals surface area contributed by atoms with E-state index >= 15 is 0 Å². The van der Waals surface area contributed by atoms with Crippen molar-refractivity contribution in [1.29, 1.82) is 0 Å². The van der Waals surface area contributed by atoms with Crippen LogP contribution in [-0.2, 0) is 10.1 Å². The minimum Gasteiger partial charge on any atom is -0.748 e. The summed E-state index contributed by atoms with van der Waals surface area (Å²) in [5.41, 5.74) is 0. The summed E-state index contributed by atoms with van der Waals surface area (Å²) in [5, 5.41) is -0.734. The molecule has 0 N–H and O–H groups in total. The molecule has 0 aliphatic rings. The van der Waals surface area contributed by atoms with Crippen LogP contribution < -0.4 is 29.6 Å². The Morgan fingerprint density at radius 1 is 1.56 bits per heavy atom. The van der Waals surface area contributed by atoms with Crippen molar-refractivity contribution in [3.05, 3.63) is 0 Å². The average Bonchev–Trinajstić information content (AvgIpc) is 1.62. The minimum atomic E-state index is -4.00. The fourth-order valence-electron chi connectivity index (χ4n) is 0.204. The molecular weight excluding hydrogens is 151 g/mol. The van der Waals surface area contributed by atoms with Gasteiger partial charge in [-0.3, -0.25) is 0 Å². The van der Waals surface area contributed by atoms with Crippen LogP contribution in [0.25, 0.3) is 0 Å². The van der Waals surface area contributed by atoms with Gasteiger partial charge in [-0.25, -0.2) is 8.42 Å². The fourth-order valence-corrected chi connectivity index (χ4v) is 0.612. The molecule has 0 fully saturated rings. The van der Waals surface area contributed by atoms with E-state index < -0.39 is 15.4 Å². The number of hydrogen-bond donors (Lipinski definition) is 0. The maximum atomic E-state index is 10.0. The summed E-state index contributed by atoms with van der Waals surface area (Å²) in [6.07, 6.45) is 0.395. The van der Waals surface area contributed by atoms with E-state index in [1.54, 1.807) is 6.92 Å². The average molecular weight is 160 g/mol. The van der Waals surface area contributed by atoms with E-state index in [9.17, 15) is 13.0 Å². The van der Waals surface area contributed by atoms with Crippen molar-refractivity contribution in [3.8, 4) is 0 Å². The van der Waals surface area contributed by atoms with Crippen molar-refractivity contribution in [2.45, 2.75) is 25.5 Å². The van der Waals surface area contributed by atoms with Crippen molar-refractivity contribution in [2.24, 2.45) is 0 Å². The van der Waals surface area contributed by atoms with Gasteiger partial charge in [0, 0.05) is 5.25 Å². The molecule has 1 unspecified atom stereocenters. The molecule has 50 valence electrons. The van der Waals surface area contributed by atoms with Crippen molar-refractivity contribution >= 4 is 10.1 Å². The van der Waals surface area contributed by atoms with Gasteiger partial charge in [-0.15, -0.1) is 0 Å². The Morgan fingerprint density at radius 2 is 1.89 bits per heavy atom. The van der Waals surface area contributed by atoms with Gasteiger partial charge in [-0.1, -0.05) is 6.92 Å². The van der Waals surface area contributed by atoms with E-state index in [-0.39, 0.29) is 29.6 Å². The summed E-state index contributed by atoms with van der Waals surface area (Å²) in [6, 6.07) is 0. The molecule has 0 rings (SSSR count). The van der Waals surface area contributed by atoms with Crippen LogP contribution in [-0.4, -0.2) is 18.2 Å². The molecule has 0 heterocycles. The third kappa shape index (κ3) is 5.36. The van der Waals surface area contributed by atoms with E-state index in [1.807, 2.05) is 0 Å². The van der Waals surface area contributed by atoms with Gasteiger partial charge >= 0.3 is 29.6 Å². The predicted octanol–water partition coefficient (Wildman–Crippen LogP) is -2.67. The summed E-state index contributed by atoms with van der Waals surface area (Å²) in [4.78, 5) is 0. The largest absolute Gasteiger partial charge is 1.00 e. The van der Waals surface area contributed by atoms with Gasteiger partial charge in [0.15, 0.2) is 0 Å². The Morgan fingerprint density at radius 3 is 1.89 bits per heavy atom. The van der Waals surface area contributed by atoms with E-state index in [4.69, 9.17) is 0 Å². The SMILES string of the molecule is CCC(C)S(=O)(=O)[O-].[Na+]. The van der Waals surface area contributed by atoms with Gasteiger partial charge in [0.1, 0.15) is 0 Å². The van der Waals surface area contributed by atoms with Gasteiger partial charge < -0.3 is 4.55 Å². The maximum Gasteiger partial charge on any atom is 1.00 e. The van der Waals surface area contributed by atoms with Crippen LogP contribution in [0.2, 0.25) is 0 Å². The molecule has 5 heteroatoms. The molecule has 9 heavy (non-hydrogen) atoms. The Balaban J connectivity index is 0. The Bertz CT molecular complexity index is 151. The maximum absolute atomic E-state index is 10.0. The topological polar surface area (TPSA) is 57.2 Å². The molecule has 0 amide bonds. The van der Waals surface area contributed by atoms with Crippen molar-refractivity contribution in [3.63, 3.8) is 0 Å². The summed E-state index contributed by atoms with van der Waals surface area (Å²) >= 11 is 0. The first-order valence-electron chi connectivity index (χ1n) is 2.43. The smallest absolute Gasteiger partial charge is 0.748 e. The van der Waals surface area contributed by atoms with Crippen LogP contribution >= 0.6 is 0 Å². The van der Waals surface area contributed by atoms with Gasteiger partial charge in [-0.05, 0) is 13.3 Å². The third-order valence-corrected chi connectivity index (χ3v) is 2.39. The summed E-state index contributed by atoms with van der Waals surface area (Å²) in [7, 11) is -4.00. The zero-order chi connectivity index (χ0) is 6.78. The molecule has 3 nitrogen and oxygen atoms in total. The van der Waals surface area contributed by atoms with Crippen molar-refractivity contribution in [2.75, 3.05) is 0 Å². The van der Waals surface area contributed by atoms with Gasteiger partial charge in [0.2, 0.25) is 0 Å². The zero-order valence-electron chi connectivity index (χ0n) is 5.92. The minimum absolute atomic E-state index is 0. The monoisotopic (exact) mass is 160 g/mol. The van der Waals surface area contributed by atoms with E-state index in [1.165, 1.54) is 6.92 Å². The summed E-state index contributed by atoms with van der Waals surface area (Å²) < 4.78 is 30.0. The third-order valence-electron chi connectivity index (χ3n) is 1.07. The number of hydrogen-bond acceptors (Lipinski definition) is 3. The molecule has 0 aliphatic carbocycles. The summed E-state index contributed by atoms with van der Waals surface area (Å²) in [6.45, 7) is 3.07. The van der Waals surface area contributed by atoms with Crippen LogP contribution in [0.3, 0.4) is 0 Å². The van der Waals surface area contributed by atoms with Crippen LogP contribution in [0.15, 0.2) is 0 Å². The first kappa shape index (κ1) is 12.6. The van der Waals surface area contributed by atoms with Crippen LogP contribution in [0.1, 0.15) is 20.3 Å². The zero-order valence-corrected chi connectivity index (χ0v) is 8.73. The molecule has 0 spiro atoms. The Kier molecular flexibility index (Phi) is 6.54. The second kappa shape index (κ2) is 4.68. The fraction of sp³-hybridized carbons (Fsp3) is 1.00. The number of rotatable bonds is 2. The molecule has 0 aromatic heterocycles. The van der Waals surface area contributed by atoms with Crippen molar-refractivity contribution < 1.29 is 42.5 Å². The molecular formula is C4H9NaO3S. The van der Waals surface area contributed by atoms with Crippen LogP contribution in [0.4, 0.5) is 0 Å². The molecule has 0 bridgehead atoms. The first-order valence-corrected chi connectivity index (χ1v) is 3.90. The molecule has 0 saturated heterocycles. The normalized spacial score (nSPS) is 14.1. The van der Waals surface area contributed by atoms with Gasteiger partial charge in [0.25, 0.3) is 0 Å². The second-order valence-corrected chi connectivity index (χ2v) is 3.50. The molecule has 0 saturated carbocycles. The second-order valence-electron chi connectivity index (χ2n) is 1.71. The Hall–Kier alpha value is 0.910. The van der Waals surface area contributed by atoms with E-state index in [0.29, 0.717) is 6.42 Å². The van der Waals surface area contributed by atoms with Crippen LogP contribution in [0.5, 0.6) is 0 Å². The van der Waals surface area contributed by atoms with E-state index in [0.717, 1.165) is 0 Å². The molecule has 0 aromatic rings. The quantitative estimate of drug-likeness (QED) is 0.327. The first-order chi connectivity index (χ1) is 3.48. The predicted molar refractivity (Wildman–Crippen MR) is 29.5 cm³/mol. The molecule has 1 atom stereocenters. The van der Waals surface area contributed by atoms with Gasteiger partial charge in [0.05, 0.1) is 10.1 Å². The van der Waals surface area contributed by atoms with Crippen molar-refractivity contribution in [1.82, 2.24) is 0 Å². The Labute approximate surface area is 77.9 Å². The van der Waals surface area contributed by atoms with Crippen LogP contribution in [0, 0.1) is 0 Å².